The topological polar surface area (TPSA) is 38.9 Å². The van der Waals surface area contributed by atoms with Crippen LogP contribution in [-0.2, 0) is 6.54 Å². The minimum Gasteiger partial charge on any atom is -0.325 e. The van der Waals surface area contributed by atoms with Crippen LogP contribution in [0.15, 0.2) is 15.0 Å². The van der Waals surface area contributed by atoms with Crippen LogP contribution in [-0.4, -0.2) is 4.98 Å². The van der Waals surface area contributed by atoms with Gasteiger partial charge in [-0.15, -0.1) is 0 Å². The van der Waals surface area contributed by atoms with Crippen LogP contribution in [0.5, 0.6) is 0 Å². The predicted molar refractivity (Wildman–Crippen MR) is 52.5 cm³/mol. The van der Waals surface area contributed by atoms with E-state index in [0.717, 1.165) is 0 Å². The first-order valence-corrected chi connectivity index (χ1v) is 4.98. The zero-order valence-electron chi connectivity index (χ0n) is 6.40. The van der Waals surface area contributed by atoms with E-state index in [9.17, 15) is 8.78 Å². The molecule has 13 heavy (non-hydrogen) atoms. The molecule has 0 radical (unpaired) electrons. The highest BCUT2D eigenvalue weighted by atomic mass is 79.9. The SMILES string of the molecule is NCc1nc(C(F)F)c(Br)cc1Br. The highest BCUT2D eigenvalue weighted by Gasteiger charge is 2.15. The second-order valence-electron chi connectivity index (χ2n) is 2.29. The molecule has 1 rings (SSSR count). The molecule has 0 aliphatic heterocycles. The molecule has 6 heteroatoms. The number of halogens is 4. The molecule has 0 spiro atoms. The van der Waals surface area contributed by atoms with Crippen LogP contribution in [0.4, 0.5) is 8.78 Å². The van der Waals surface area contributed by atoms with E-state index >= 15 is 0 Å². The minimum absolute atomic E-state index is 0.133. The van der Waals surface area contributed by atoms with E-state index in [-0.39, 0.29) is 16.7 Å². The largest absolute Gasteiger partial charge is 0.325 e. The summed E-state index contributed by atoms with van der Waals surface area (Å²) in [6, 6.07) is 1.52. The van der Waals surface area contributed by atoms with Crippen molar-refractivity contribution in [2.45, 2.75) is 13.0 Å². The van der Waals surface area contributed by atoms with Crippen molar-refractivity contribution in [3.63, 3.8) is 0 Å². The Kier molecular flexibility index (Phi) is 3.75. The number of aromatic nitrogens is 1. The van der Waals surface area contributed by atoms with E-state index in [2.05, 4.69) is 36.8 Å². The summed E-state index contributed by atoms with van der Waals surface area (Å²) in [4.78, 5) is 3.72. The van der Waals surface area contributed by atoms with Crippen molar-refractivity contribution in [1.29, 1.82) is 0 Å². The molecule has 0 aromatic carbocycles. The molecule has 0 atom stereocenters. The van der Waals surface area contributed by atoms with Crippen molar-refractivity contribution < 1.29 is 8.78 Å². The summed E-state index contributed by atoms with van der Waals surface area (Å²) in [7, 11) is 0. The van der Waals surface area contributed by atoms with E-state index in [0.29, 0.717) is 10.2 Å². The van der Waals surface area contributed by atoms with Gasteiger partial charge in [-0.2, -0.15) is 0 Å². The number of alkyl halides is 2. The van der Waals surface area contributed by atoms with Crippen LogP contribution in [0.1, 0.15) is 17.8 Å². The predicted octanol–water partition coefficient (Wildman–Crippen LogP) is 3.00. The first-order valence-electron chi connectivity index (χ1n) is 3.39. The number of nitrogens with zero attached hydrogens (tertiary/aromatic N) is 1. The standard InChI is InChI=1S/C7H6Br2F2N2/c8-3-1-4(9)6(7(10)11)13-5(3)2-12/h1,7H,2,12H2. The van der Waals surface area contributed by atoms with Gasteiger partial charge in [0, 0.05) is 15.5 Å². The molecule has 0 fully saturated rings. The molecule has 0 saturated heterocycles. The van der Waals surface area contributed by atoms with Crippen molar-refractivity contribution in [3.05, 3.63) is 26.4 Å². The normalized spacial score (nSPS) is 10.9. The zero-order valence-corrected chi connectivity index (χ0v) is 9.57. The molecule has 0 saturated carbocycles. The fraction of sp³-hybridized carbons (Fsp3) is 0.286. The van der Waals surface area contributed by atoms with Gasteiger partial charge in [0.25, 0.3) is 6.43 Å². The summed E-state index contributed by atoms with van der Waals surface area (Å²) in [6.07, 6.45) is -2.59. The van der Waals surface area contributed by atoms with Crippen LogP contribution in [0.3, 0.4) is 0 Å². The summed E-state index contributed by atoms with van der Waals surface area (Å²) in [6.45, 7) is 0.133. The Hall–Kier alpha value is -0.0700. The fourth-order valence-electron chi connectivity index (χ4n) is 0.817. The van der Waals surface area contributed by atoms with Crippen molar-refractivity contribution in [2.24, 2.45) is 5.73 Å². The van der Waals surface area contributed by atoms with E-state index in [1.54, 1.807) is 0 Å². The molecule has 2 N–H and O–H groups in total. The molecule has 1 aromatic rings. The number of pyridine rings is 1. The maximum Gasteiger partial charge on any atom is 0.281 e. The van der Waals surface area contributed by atoms with Crippen molar-refractivity contribution >= 4 is 31.9 Å². The van der Waals surface area contributed by atoms with Gasteiger partial charge in [0.05, 0.1) is 5.69 Å². The van der Waals surface area contributed by atoms with Crippen molar-refractivity contribution in [1.82, 2.24) is 4.98 Å². The maximum atomic E-state index is 12.3. The van der Waals surface area contributed by atoms with Crippen molar-refractivity contribution in [2.75, 3.05) is 0 Å². The summed E-state index contributed by atoms with van der Waals surface area (Å²) in [5, 5.41) is 0. The van der Waals surface area contributed by atoms with Crippen LogP contribution in [0.25, 0.3) is 0 Å². The summed E-state index contributed by atoms with van der Waals surface area (Å²) in [5.74, 6) is 0. The molecule has 0 unspecified atom stereocenters. The van der Waals surface area contributed by atoms with Gasteiger partial charge in [0.15, 0.2) is 0 Å². The van der Waals surface area contributed by atoms with Gasteiger partial charge in [-0.3, -0.25) is 0 Å². The molecule has 1 heterocycles. The fourth-order valence-corrected chi connectivity index (χ4v) is 2.09. The molecular formula is C7H6Br2F2N2. The number of hydrogen-bond acceptors (Lipinski definition) is 2. The third kappa shape index (κ3) is 2.45. The Morgan fingerprint density at radius 1 is 1.38 bits per heavy atom. The lowest BCUT2D eigenvalue weighted by Crippen LogP contribution is -2.04. The first kappa shape index (κ1) is 11.0. The maximum absolute atomic E-state index is 12.3. The highest BCUT2D eigenvalue weighted by Crippen LogP contribution is 2.29. The third-order valence-electron chi connectivity index (χ3n) is 1.43. The lowest BCUT2D eigenvalue weighted by atomic mass is 10.3. The number of hydrogen-bond donors (Lipinski definition) is 1. The second kappa shape index (κ2) is 4.43. The van der Waals surface area contributed by atoms with Gasteiger partial charge in [-0.25, -0.2) is 13.8 Å². The lowest BCUT2D eigenvalue weighted by Gasteiger charge is -2.06. The quantitative estimate of drug-likeness (QED) is 0.911. The Labute approximate surface area is 90.8 Å². The van der Waals surface area contributed by atoms with E-state index in [4.69, 9.17) is 5.73 Å². The van der Waals surface area contributed by atoms with Gasteiger partial charge >= 0.3 is 0 Å². The molecule has 0 aliphatic rings. The van der Waals surface area contributed by atoms with Gasteiger partial charge < -0.3 is 5.73 Å². The van der Waals surface area contributed by atoms with Gasteiger partial charge in [0.2, 0.25) is 0 Å². The summed E-state index contributed by atoms with van der Waals surface area (Å²) < 4.78 is 25.6. The molecule has 0 amide bonds. The monoisotopic (exact) mass is 314 g/mol. The third-order valence-corrected chi connectivity index (χ3v) is 2.75. The number of nitrogens with two attached hydrogens (primary N) is 1. The molecular weight excluding hydrogens is 310 g/mol. The van der Waals surface area contributed by atoms with Crippen LogP contribution < -0.4 is 5.73 Å². The Bertz CT molecular complexity index is 318. The van der Waals surface area contributed by atoms with Crippen LogP contribution >= 0.6 is 31.9 Å². The van der Waals surface area contributed by atoms with Gasteiger partial charge in [-0.1, -0.05) is 0 Å². The average molecular weight is 316 g/mol. The number of rotatable bonds is 2. The van der Waals surface area contributed by atoms with Crippen molar-refractivity contribution in [3.8, 4) is 0 Å². The molecule has 0 bridgehead atoms. The Morgan fingerprint density at radius 3 is 2.46 bits per heavy atom. The average Bonchev–Trinajstić information content (AvgIpc) is 2.03. The Balaban J connectivity index is 3.22. The molecule has 72 valence electrons. The Morgan fingerprint density at radius 2 is 2.00 bits per heavy atom. The molecule has 0 aliphatic carbocycles. The van der Waals surface area contributed by atoms with Gasteiger partial charge in [-0.05, 0) is 37.9 Å². The zero-order chi connectivity index (χ0) is 10.0. The van der Waals surface area contributed by atoms with Gasteiger partial charge in [0.1, 0.15) is 5.69 Å². The lowest BCUT2D eigenvalue weighted by molar-refractivity contribution is 0.145. The van der Waals surface area contributed by atoms with Crippen LogP contribution in [0, 0.1) is 0 Å². The van der Waals surface area contributed by atoms with E-state index < -0.39 is 6.43 Å². The minimum atomic E-state index is -2.59. The van der Waals surface area contributed by atoms with Crippen LogP contribution in [0.2, 0.25) is 0 Å². The first-order chi connectivity index (χ1) is 6.06. The second-order valence-corrected chi connectivity index (χ2v) is 4.00. The highest BCUT2D eigenvalue weighted by molar-refractivity contribution is 9.11. The summed E-state index contributed by atoms with van der Waals surface area (Å²) >= 11 is 6.17. The van der Waals surface area contributed by atoms with E-state index in [1.807, 2.05) is 0 Å². The smallest absolute Gasteiger partial charge is 0.281 e. The summed E-state index contributed by atoms with van der Waals surface area (Å²) in [5.41, 5.74) is 5.47. The van der Waals surface area contributed by atoms with E-state index in [1.165, 1.54) is 6.07 Å². The molecule has 1 aromatic heterocycles. The molecule has 2 nitrogen and oxygen atoms in total.